The van der Waals surface area contributed by atoms with E-state index in [0.29, 0.717) is 11.3 Å². The fraction of sp³-hybridized carbons (Fsp3) is 0.143. The van der Waals surface area contributed by atoms with Gasteiger partial charge in [0.25, 0.3) is 5.56 Å². The number of nitrogens with one attached hydrogen (secondary N) is 1. The van der Waals surface area contributed by atoms with E-state index >= 15 is 0 Å². The van der Waals surface area contributed by atoms with Gasteiger partial charge in [-0.15, -0.1) is 0 Å². The van der Waals surface area contributed by atoms with Gasteiger partial charge in [0.05, 0.1) is 7.11 Å². The molecule has 10 heteroatoms. The zero-order chi connectivity index (χ0) is 22.9. The largest absolute Gasteiger partial charge is 0.496 e. The Hall–Kier alpha value is -3.87. The minimum Gasteiger partial charge on any atom is -0.496 e. The number of ether oxygens (including phenoxy) is 2. The molecule has 3 aromatic rings. The second-order valence-electron chi connectivity index (χ2n) is 6.40. The summed E-state index contributed by atoms with van der Waals surface area (Å²) in [5.74, 6) is -12.0. The van der Waals surface area contributed by atoms with Gasteiger partial charge in [0, 0.05) is 16.8 Å². The maximum absolute atomic E-state index is 13.9. The number of methoxy groups -OCH3 is 1. The summed E-state index contributed by atoms with van der Waals surface area (Å²) < 4.78 is 77.8. The van der Waals surface area contributed by atoms with E-state index in [0.717, 1.165) is 0 Å². The van der Waals surface area contributed by atoms with Crippen molar-refractivity contribution in [2.45, 2.75) is 13.5 Å². The number of pyridine rings is 1. The van der Waals surface area contributed by atoms with Gasteiger partial charge in [-0.05, 0) is 30.7 Å². The van der Waals surface area contributed by atoms with E-state index < -0.39 is 47.0 Å². The number of nitriles is 1. The highest BCUT2D eigenvalue weighted by atomic mass is 19.2. The molecule has 0 aliphatic heterocycles. The summed E-state index contributed by atoms with van der Waals surface area (Å²) in [4.78, 5) is 14.5. The molecule has 1 N–H and O–H groups in total. The molecular formula is C21H13F5N2O3. The average Bonchev–Trinajstić information content (AvgIpc) is 2.75. The highest BCUT2D eigenvalue weighted by Crippen LogP contribution is 2.32. The number of halogens is 5. The second kappa shape index (κ2) is 8.47. The molecule has 0 aliphatic carbocycles. The van der Waals surface area contributed by atoms with Gasteiger partial charge in [-0.2, -0.15) is 14.0 Å². The van der Waals surface area contributed by atoms with Crippen LogP contribution in [0.15, 0.2) is 29.1 Å². The van der Waals surface area contributed by atoms with E-state index in [1.165, 1.54) is 25.3 Å². The van der Waals surface area contributed by atoms with Crippen molar-refractivity contribution in [2.24, 2.45) is 0 Å². The van der Waals surface area contributed by atoms with Gasteiger partial charge in [-0.3, -0.25) is 4.79 Å². The van der Waals surface area contributed by atoms with E-state index in [4.69, 9.17) is 9.47 Å². The topological polar surface area (TPSA) is 75.1 Å². The number of aryl methyl sites for hydroxylation is 1. The predicted octanol–water partition coefficient (Wildman–Crippen LogP) is 4.51. The van der Waals surface area contributed by atoms with Crippen molar-refractivity contribution < 1.29 is 31.4 Å². The van der Waals surface area contributed by atoms with E-state index in [1.807, 2.05) is 0 Å². The Labute approximate surface area is 172 Å². The maximum atomic E-state index is 13.9. The lowest BCUT2D eigenvalue weighted by Gasteiger charge is -2.14. The number of rotatable bonds is 5. The number of hydrogen-bond donors (Lipinski definition) is 1. The molecule has 0 spiro atoms. The Balaban J connectivity index is 2.05. The van der Waals surface area contributed by atoms with Gasteiger partial charge < -0.3 is 14.5 Å². The van der Waals surface area contributed by atoms with Crippen LogP contribution in [0.5, 0.6) is 11.5 Å². The van der Waals surface area contributed by atoms with Crippen molar-refractivity contribution in [1.29, 1.82) is 5.26 Å². The lowest BCUT2D eigenvalue weighted by molar-refractivity contribution is 0.249. The van der Waals surface area contributed by atoms with Gasteiger partial charge in [-0.1, -0.05) is 6.07 Å². The van der Waals surface area contributed by atoms with Gasteiger partial charge in [-0.25, -0.2) is 13.2 Å². The highest BCUT2D eigenvalue weighted by molar-refractivity contribution is 5.71. The van der Waals surface area contributed by atoms with Crippen molar-refractivity contribution >= 4 is 0 Å². The summed E-state index contributed by atoms with van der Waals surface area (Å²) in [7, 11) is 1.30. The molecule has 160 valence electrons. The van der Waals surface area contributed by atoms with Crippen molar-refractivity contribution in [3.8, 4) is 28.7 Å². The third-order valence-corrected chi connectivity index (χ3v) is 4.41. The Bertz CT molecular complexity index is 1250. The zero-order valence-corrected chi connectivity index (χ0v) is 16.1. The number of hydrogen-bond acceptors (Lipinski definition) is 4. The first kappa shape index (κ1) is 21.8. The molecule has 0 bridgehead atoms. The maximum Gasteiger partial charge on any atom is 0.266 e. The highest BCUT2D eigenvalue weighted by Gasteiger charge is 2.27. The molecule has 1 aromatic heterocycles. The van der Waals surface area contributed by atoms with Crippen LogP contribution in [0, 0.1) is 47.3 Å². The Morgan fingerprint density at radius 2 is 1.61 bits per heavy atom. The van der Waals surface area contributed by atoms with Crippen molar-refractivity contribution in [1.82, 2.24) is 4.98 Å². The van der Waals surface area contributed by atoms with Crippen LogP contribution in [-0.4, -0.2) is 12.1 Å². The third kappa shape index (κ3) is 3.94. The minimum atomic E-state index is -2.30. The van der Waals surface area contributed by atoms with Crippen LogP contribution in [0.25, 0.3) is 11.1 Å². The summed E-state index contributed by atoms with van der Waals surface area (Å²) in [6, 6.07) is 7.76. The molecule has 0 unspecified atom stereocenters. The molecule has 0 aliphatic rings. The molecule has 0 radical (unpaired) electrons. The van der Waals surface area contributed by atoms with Crippen molar-refractivity contribution in [3.05, 3.63) is 80.5 Å². The lowest BCUT2D eigenvalue weighted by Crippen LogP contribution is -2.13. The Morgan fingerprint density at radius 1 is 1.00 bits per heavy atom. The molecule has 1 heterocycles. The predicted molar refractivity (Wildman–Crippen MR) is 99.1 cm³/mol. The van der Waals surface area contributed by atoms with Gasteiger partial charge in [0.15, 0.2) is 5.75 Å². The SMILES string of the molecule is COc1ccc(-c2cc(C)[nH]c(=O)c2C#N)cc1COc1c(F)c(F)c(F)c(F)c1F. The number of H-pyrrole nitrogens is 1. The molecule has 3 rings (SSSR count). The Kier molecular flexibility index (Phi) is 5.97. The third-order valence-electron chi connectivity index (χ3n) is 4.41. The van der Waals surface area contributed by atoms with Crippen LogP contribution in [0.3, 0.4) is 0 Å². The lowest BCUT2D eigenvalue weighted by atomic mass is 9.99. The molecule has 0 fully saturated rings. The average molecular weight is 436 g/mol. The quantitative estimate of drug-likeness (QED) is 0.363. The fourth-order valence-electron chi connectivity index (χ4n) is 2.95. The molecule has 0 saturated heterocycles. The Morgan fingerprint density at radius 3 is 2.19 bits per heavy atom. The molecule has 5 nitrogen and oxygen atoms in total. The summed E-state index contributed by atoms with van der Waals surface area (Å²) in [6.45, 7) is 0.988. The molecular weight excluding hydrogens is 423 g/mol. The van der Waals surface area contributed by atoms with Crippen LogP contribution in [0.4, 0.5) is 22.0 Å². The van der Waals surface area contributed by atoms with Crippen LogP contribution in [0.2, 0.25) is 0 Å². The first-order chi connectivity index (χ1) is 14.7. The number of nitrogens with zero attached hydrogens (tertiary/aromatic N) is 1. The standard InChI is InChI=1S/C21H13F5N2O3/c1-9-5-12(13(7-27)21(29)28-9)10-3-4-14(30-2)11(6-10)8-31-20-18(25)16(23)15(22)17(24)19(20)26/h3-6H,8H2,1-2H3,(H,28,29). The zero-order valence-electron chi connectivity index (χ0n) is 16.1. The van der Waals surface area contributed by atoms with E-state index in [2.05, 4.69) is 4.98 Å². The fourth-order valence-corrected chi connectivity index (χ4v) is 2.95. The normalized spacial score (nSPS) is 10.6. The summed E-state index contributed by atoms with van der Waals surface area (Å²) >= 11 is 0. The molecule has 2 aromatic carbocycles. The summed E-state index contributed by atoms with van der Waals surface area (Å²) in [6.07, 6.45) is 0. The van der Waals surface area contributed by atoms with Gasteiger partial charge >= 0.3 is 0 Å². The van der Waals surface area contributed by atoms with Crippen LogP contribution < -0.4 is 15.0 Å². The van der Waals surface area contributed by atoms with E-state index in [-0.39, 0.29) is 22.4 Å². The van der Waals surface area contributed by atoms with Gasteiger partial charge in [0.1, 0.15) is 24.0 Å². The first-order valence-corrected chi connectivity index (χ1v) is 8.65. The smallest absolute Gasteiger partial charge is 0.266 e. The van der Waals surface area contributed by atoms with Gasteiger partial charge in [0.2, 0.25) is 29.1 Å². The second-order valence-corrected chi connectivity index (χ2v) is 6.40. The molecule has 0 atom stereocenters. The van der Waals surface area contributed by atoms with Crippen LogP contribution in [-0.2, 0) is 6.61 Å². The molecule has 31 heavy (non-hydrogen) atoms. The summed E-state index contributed by atoms with van der Waals surface area (Å²) in [5, 5.41) is 9.30. The first-order valence-electron chi connectivity index (χ1n) is 8.65. The number of aromatic nitrogens is 1. The minimum absolute atomic E-state index is 0.164. The summed E-state index contributed by atoms with van der Waals surface area (Å²) in [5.41, 5.74) is 0.543. The molecule has 0 saturated carbocycles. The van der Waals surface area contributed by atoms with E-state index in [1.54, 1.807) is 19.1 Å². The number of benzene rings is 2. The van der Waals surface area contributed by atoms with Crippen LogP contribution >= 0.6 is 0 Å². The van der Waals surface area contributed by atoms with Crippen molar-refractivity contribution in [2.75, 3.05) is 7.11 Å². The van der Waals surface area contributed by atoms with Crippen LogP contribution in [0.1, 0.15) is 16.8 Å². The molecule has 0 amide bonds. The van der Waals surface area contributed by atoms with E-state index in [9.17, 15) is 32.0 Å². The monoisotopic (exact) mass is 436 g/mol. The number of aromatic amines is 1. The van der Waals surface area contributed by atoms with Crippen molar-refractivity contribution in [3.63, 3.8) is 0 Å².